The Bertz CT molecular complexity index is 453. The molecule has 0 aliphatic rings. The number of benzene rings is 1. The van der Waals surface area contributed by atoms with Crippen molar-refractivity contribution in [2.45, 2.75) is 32.2 Å². The first-order valence-electron chi connectivity index (χ1n) is 5.93. The van der Waals surface area contributed by atoms with Gasteiger partial charge in [0, 0.05) is 0 Å². The molecule has 0 aromatic heterocycles. The van der Waals surface area contributed by atoms with Crippen LogP contribution in [-0.4, -0.2) is 17.4 Å². The van der Waals surface area contributed by atoms with Gasteiger partial charge in [0.15, 0.2) is 0 Å². The van der Waals surface area contributed by atoms with Crippen LogP contribution in [0.5, 0.6) is 0 Å². The molecule has 2 amide bonds. The molecule has 0 radical (unpaired) electrons. The van der Waals surface area contributed by atoms with Crippen LogP contribution in [0, 0.1) is 0 Å². The number of nitrogens with one attached hydrogen (secondary N) is 1. The number of carbonyl (C=O) groups is 2. The molecular weight excluding hydrogens is 230 g/mol. The van der Waals surface area contributed by atoms with E-state index in [-0.39, 0.29) is 11.5 Å². The van der Waals surface area contributed by atoms with Crippen LogP contribution in [0.25, 0.3) is 0 Å². The van der Waals surface area contributed by atoms with E-state index in [9.17, 15) is 9.59 Å². The zero-order valence-electron chi connectivity index (χ0n) is 10.7. The highest BCUT2D eigenvalue weighted by Crippen LogP contribution is 2.18. The molecular formula is C13H19N3O2. The van der Waals surface area contributed by atoms with Crippen molar-refractivity contribution < 1.29 is 9.59 Å². The molecule has 0 spiro atoms. The number of carbonyl (C=O) groups excluding carboxylic acids is 2. The van der Waals surface area contributed by atoms with E-state index in [0.29, 0.717) is 18.5 Å². The topological polar surface area (TPSA) is 98.2 Å². The molecule has 18 heavy (non-hydrogen) atoms. The molecule has 0 bridgehead atoms. The minimum Gasteiger partial charge on any atom is -0.366 e. The molecule has 1 rings (SSSR count). The zero-order chi connectivity index (χ0) is 13.8. The average molecular weight is 249 g/mol. The van der Waals surface area contributed by atoms with Crippen LogP contribution in [0.4, 0.5) is 5.69 Å². The maximum atomic E-state index is 12.1. The molecule has 98 valence electrons. The lowest BCUT2D eigenvalue weighted by molar-refractivity contribution is -0.121. The summed E-state index contributed by atoms with van der Waals surface area (Å²) in [6, 6.07) is 6.60. The molecule has 1 aromatic carbocycles. The molecule has 0 aliphatic heterocycles. The number of hydrogen-bond donors (Lipinski definition) is 3. The zero-order valence-corrected chi connectivity index (χ0v) is 10.7. The highest BCUT2D eigenvalue weighted by Gasteiger charge is 2.30. The normalized spacial score (nSPS) is 11.1. The van der Waals surface area contributed by atoms with E-state index in [0.717, 1.165) is 0 Å². The summed E-state index contributed by atoms with van der Waals surface area (Å²) >= 11 is 0. The lowest BCUT2D eigenvalue weighted by Gasteiger charge is -2.25. The maximum Gasteiger partial charge on any atom is 0.250 e. The van der Waals surface area contributed by atoms with Crippen molar-refractivity contribution in [1.29, 1.82) is 0 Å². The predicted octanol–water partition coefficient (Wildman–Crippen LogP) is 1.24. The third-order valence-corrected chi connectivity index (χ3v) is 3.15. The van der Waals surface area contributed by atoms with Gasteiger partial charge in [-0.15, -0.1) is 0 Å². The summed E-state index contributed by atoms with van der Waals surface area (Å²) in [5, 5.41) is 2.67. The van der Waals surface area contributed by atoms with Gasteiger partial charge in [0.2, 0.25) is 5.91 Å². The number of rotatable bonds is 5. The van der Waals surface area contributed by atoms with Gasteiger partial charge in [-0.05, 0) is 25.0 Å². The summed E-state index contributed by atoms with van der Waals surface area (Å²) in [5.74, 6) is -0.886. The maximum absolute atomic E-state index is 12.1. The van der Waals surface area contributed by atoms with E-state index in [2.05, 4.69) is 5.32 Å². The first-order chi connectivity index (χ1) is 8.44. The van der Waals surface area contributed by atoms with Crippen molar-refractivity contribution in [1.82, 2.24) is 0 Å². The lowest BCUT2D eigenvalue weighted by atomic mass is 9.93. The predicted molar refractivity (Wildman–Crippen MR) is 71.1 cm³/mol. The fraction of sp³-hybridized carbons (Fsp3) is 0.385. The van der Waals surface area contributed by atoms with E-state index in [1.165, 1.54) is 0 Å². The Hall–Kier alpha value is -1.88. The molecule has 0 fully saturated rings. The van der Waals surface area contributed by atoms with Crippen molar-refractivity contribution in [3.63, 3.8) is 0 Å². The number of amides is 2. The third kappa shape index (κ3) is 2.87. The second-order valence-electron chi connectivity index (χ2n) is 4.23. The van der Waals surface area contributed by atoms with Gasteiger partial charge in [-0.1, -0.05) is 26.0 Å². The Kier molecular flexibility index (Phi) is 4.44. The number of primary amides is 1. The Balaban J connectivity index is 2.98. The summed E-state index contributed by atoms with van der Waals surface area (Å²) in [4.78, 5) is 23.3. The lowest BCUT2D eigenvalue weighted by Crippen LogP contribution is -2.50. The van der Waals surface area contributed by atoms with Crippen molar-refractivity contribution in [2.24, 2.45) is 11.5 Å². The summed E-state index contributed by atoms with van der Waals surface area (Å²) in [5.41, 5.74) is 11.0. The van der Waals surface area contributed by atoms with Crippen LogP contribution in [0.15, 0.2) is 24.3 Å². The van der Waals surface area contributed by atoms with Gasteiger partial charge in [-0.25, -0.2) is 0 Å². The Labute approximate surface area is 107 Å². The molecule has 0 unspecified atom stereocenters. The molecule has 0 saturated carbocycles. The van der Waals surface area contributed by atoms with E-state index >= 15 is 0 Å². The molecule has 5 heteroatoms. The van der Waals surface area contributed by atoms with Gasteiger partial charge >= 0.3 is 0 Å². The number of para-hydroxylation sites is 1. The SMILES string of the molecule is CCC(N)(CC)C(=O)Nc1ccccc1C(N)=O. The first-order valence-corrected chi connectivity index (χ1v) is 5.93. The van der Waals surface area contributed by atoms with E-state index < -0.39 is 11.4 Å². The number of anilines is 1. The van der Waals surface area contributed by atoms with Gasteiger partial charge in [0.05, 0.1) is 16.8 Å². The monoisotopic (exact) mass is 249 g/mol. The number of nitrogens with two attached hydrogens (primary N) is 2. The fourth-order valence-electron chi connectivity index (χ4n) is 1.62. The fourth-order valence-corrected chi connectivity index (χ4v) is 1.62. The minimum atomic E-state index is -0.926. The Morgan fingerprint density at radius 2 is 1.78 bits per heavy atom. The summed E-state index contributed by atoms with van der Waals surface area (Å²) in [6.07, 6.45) is 1.04. The van der Waals surface area contributed by atoms with Crippen LogP contribution >= 0.6 is 0 Å². The van der Waals surface area contributed by atoms with Gasteiger partial charge < -0.3 is 16.8 Å². The van der Waals surface area contributed by atoms with Crippen molar-refractivity contribution >= 4 is 17.5 Å². The van der Waals surface area contributed by atoms with Crippen molar-refractivity contribution in [2.75, 3.05) is 5.32 Å². The van der Waals surface area contributed by atoms with Gasteiger partial charge in [0.25, 0.3) is 5.91 Å². The molecule has 0 atom stereocenters. The molecule has 1 aromatic rings. The first kappa shape index (κ1) is 14.2. The quantitative estimate of drug-likeness (QED) is 0.732. The number of hydrogen-bond acceptors (Lipinski definition) is 3. The van der Waals surface area contributed by atoms with E-state index in [1.54, 1.807) is 24.3 Å². The molecule has 0 saturated heterocycles. The van der Waals surface area contributed by atoms with E-state index in [1.807, 2.05) is 13.8 Å². The second-order valence-corrected chi connectivity index (χ2v) is 4.23. The molecule has 0 heterocycles. The van der Waals surface area contributed by atoms with Crippen LogP contribution in [0.1, 0.15) is 37.0 Å². The second kappa shape index (κ2) is 5.64. The van der Waals surface area contributed by atoms with Crippen molar-refractivity contribution in [3.8, 4) is 0 Å². The van der Waals surface area contributed by atoms with Gasteiger partial charge in [-0.2, -0.15) is 0 Å². The van der Waals surface area contributed by atoms with E-state index in [4.69, 9.17) is 11.5 Å². The average Bonchev–Trinajstić information content (AvgIpc) is 2.38. The van der Waals surface area contributed by atoms with Gasteiger partial charge in [-0.3, -0.25) is 9.59 Å². The summed E-state index contributed by atoms with van der Waals surface area (Å²) < 4.78 is 0. The standard InChI is InChI=1S/C13H19N3O2/c1-3-13(15,4-2)12(18)16-10-8-6-5-7-9(10)11(14)17/h5-8H,3-4,15H2,1-2H3,(H2,14,17)(H,16,18). The van der Waals surface area contributed by atoms with Crippen LogP contribution in [0.3, 0.4) is 0 Å². The van der Waals surface area contributed by atoms with Crippen molar-refractivity contribution in [3.05, 3.63) is 29.8 Å². The van der Waals surface area contributed by atoms with Crippen LogP contribution < -0.4 is 16.8 Å². The highest BCUT2D eigenvalue weighted by atomic mass is 16.2. The Morgan fingerprint density at radius 1 is 1.22 bits per heavy atom. The van der Waals surface area contributed by atoms with Crippen LogP contribution in [-0.2, 0) is 4.79 Å². The molecule has 5 N–H and O–H groups in total. The molecule has 0 aliphatic carbocycles. The van der Waals surface area contributed by atoms with Gasteiger partial charge in [0.1, 0.15) is 0 Å². The third-order valence-electron chi connectivity index (χ3n) is 3.15. The highest BCUT2D eigenvalue weighted by molar-refractivity contribution is 6.05. The smallest absolute Gasteiger partial charge is 0.250 e. The van der Waals surface area contributed by atoms with Crippen LogP contribution in [0.2, 0.25) is 0 Å². The summed E-state index contributed by atoms with van der Waals surface area (Å²) in [6.45, 7) is 3.70. The summed E-state index contributed by atoms with van der Waals surface area (Å²) in [7, 11) is 0. The molecule has 5 nitrogen and oxygen atoms in total. The minimum absolute atomic E-state index is 0.278. The largest absolute Gasteiger partial charge is 0.366 e. The Morgan fingerprint density at radius 3 is 2.28 bits per heavy atom.